The van der Waals surface area contributed by atoms with Crippen LogP contribution < -0.4 is 0 Å². The van der Waals surface area contributed by atoms with Crippen molar-refractivity contribution >= 4 is 5.91 Å². The first-order chi connectivity index (χ1) is 11.0. The number of carbonyl (C=O) groups is 1. The Morgan fingerprint density at radius 2 is 1.74 bits per heavy atom. The smallest absolute Gasteiger partial charge is 0.239 e. The number of likely N-dealkylation sites (tertiary alicyclic amines) is 1. The number of amides is 1. The molecule has 134 valence electrons. The normalized spacial score (nSPS) is 27.5. The average Bonchev–Trinajstić information content (AvgIpc) is 2.82. The molecule has 2 fully saturated rings. The second-order valence-corrected chi connectivity index (χ2v) is 7.32. The molecule has 0 aromatic rings. The second-order valence-electron chi connectivity index (χ2n) is 7.32. The van der Waals surface area contributed by atoms with Crippen LogP contribution in [0.1, 0.15) is 52.9 Å². The van der Waals surface area contributed by atoms with Gasteiger partial charge in [-0.15, -0.1) is 0 Å². The van der Waals surface area contributed by atoms with Gasteiger partial charge in [-0.3, -0.25) is 14.6 Å². The SMILES string of the molecule is CCC1CN(C(C)C(=O)N2CCCCCC2)CCN1CC(C)O. The van der Waals surface area contributed by atoms with E-state index in [9.17, 15) is 9.90 Å². The number of aliphatic hydroxyl groups excluding tert-OH is 1. The van der Waals surface area contributed by atoms with Crippen LogP contribution in [0.4, 0.5) is 0 Å². The summed E-state index contributed by atoms with van der Waals surface area (Å²) >= 11 is 0. The maximum atomic E-state index is 12.8. The maximum absolute atomic E-state index is 12.8. The molecule has 5 nitrogen and oxygen atoms in total. The van der Waals surface area contributed by atoms with Crippen molar-refractivity contribution in [2.24, 2.45) is 0 Å². The average molecular weight is 325 g/mol. The number of piperazine rings is 1. The molecular weight excluding hydrogens is 290 g/mol. The van der Waals surface area contributed by atoms with E-state index in [0.29, 0.717) is 11.9 Å². The number of nitrogens with zero attached hydrogens (tertiary/aromatic N) is 3. The summed E-state index contributed by atoms with van der Waals surface area (Å²) in [6, 6.07) is 0.425. The molecule has 0 spiro atoms. The third-order valence-corrected chi connectivity index (χ3v) is 5.43. The number of β-amino-alcohol motifs (C(OH)–C–C–N with tert-alkyl or cyclic N) is 1. The molecule has 1 amide bonds. The first-order valence-electron chi connectivity index (χ1n) is 9.47. The standard InChI is InChI=1S/C18H35N3O2/c1-4-17-14-20(11-12-21(17)13-15(2)22)16(3)18(23)19-9-7-5-6-8-10-19/h15-17,22H,4-14H2,1-3H3. The Morgan fingerprint density at radius 1 is 1.09 bits per heavy atom. The van der Waals surface area contributed by atoms with E-state index in [4.69, 9.17) is 0 Å². The Balaban J connectivity index is 1.91. The third kappa shape index (κ3) is 5.16. The van der Waals surface area contributed by atoms with Crippen molar-refractivity contribution in [1.29, 1.82) is 0 Å². The van der Waals surface area contributed by atoms with Gasteiger partial charge in [-0.1, -0.05) is 19.8 Å². The zero-order valence-electron chi connectivity index (χ0n) is 15.2. The van der Waals surface area contributed by atoms with E-state index in [1.54, 1.807) is 0 Å². The van der Waals surface area contributed by atoms with Gasteiger partial charge in [-0.05, 0) is 33.1 Å². The van der Waals surface area contributed by atoms with Gasteiger partial charge in [0.15, 0.2) is 0 Å². The van der Waals surface area contributed by atoms with Gasteiger partial charge >= 0.3 is 0 Å². The Morgan fingerprint density at radius 3 is 2.30 bits per heavy atom. The summed E-state index contributed by atoms with van der Waals surface area (Å²) < 4.78 is 0. The Kier molecular flexibility index (Phi) is 7.31. The van der Waals surface area contributed by atoms with E-state index in [1.165, 1.54) is 12.8 Å². The fourth-order valence-electron chi connectivity index (χ4n) is 3.95. The van der Waals surface area contributed by atoms with Gasteiger partial charge in [0.1, 0.15) is 0 Å². The minimum absolute atomic E-state index is 0.0177. The monoisotopic (exact) mass is 325 g/mol. The lowest BCUT2D eigenvalue weighted by Crippen LogP contribution is -2.59. The van der Waals surface area contributed by atoms with Gasteiger partial charge in [0.25, 0.3) is 0 Å². The van der Waals surface area contributed by atoms with Crippen LogP contribution >= 0.6 is 0 Å². The van der Waals surface area contributed by atoms with Crippen LogP contribution in [0.5, 0.6) is 0 Å². The lowest BCUT2D eigenvalue weighted by atomic mass is 10.1. The van der Waals surface area contributed by atoms with Crippen LogP contribution in [-0.2, 0) is 4.79 Å². The summed E-state index contributed by atoms with van der Waals surface area (Å²) in [5.41, 5.74) is 0. The largest absolute Gasteiger partial charge is 0.392 e. The first-order valence-corrected chi connectivity index (χ1v) is 9.47. The molecule has 2 rings (SSSR count). The van der Waals surface area contributed by atoms with Crippen LogP contribution in [0.15, 0.2) is 0 Å². The molecule has 0 aromatic heterocycles. The van der Waals surface area contributed by atoms with E-state index in [0.717, 1.165) is 58.5 Å². The van der Waals surface area contributed by atoms with E-state index >= 15 is 0 Å². The summed E-state index contributed by atoms with van der Waals surface area (Å²) in [7, 11) is 0. The zero-order valence-corrected chi connectivity index (χ0v) is 15.2. The maximum Gasteiger partial charge on any atom is 0.239 e. The van der Waals surface area contributed by atoms with Crippen molar-refractivity contribution in [3.8, 4) is 0 Å². The fourth-order valence-corrected chi connectivity index (χ4v) is 3.95. The van der Waals surface area contributed by atoms with Crippen molar-refractivity contribution in [1.82, 2.24) is 14.7 Å². The van der Waals surface area contributed by atoms with Gasteiger partial charge in [0, 0.05) is 45.3 Å². The predicted octanol–water partition coefficient (Wildman–Crippen LogP) is 1.55. The van der Waals surface area contributed by atoms with Crippen molar-refractivity contribution in [2.45, 2.75) is 71.1 Å². The van der Waals surface area contributed by atoms with Crippen LogP contribution in [-0.4, -0.2) is 83.2 Å². The number of hydrogen-bond acceptors (Lipinski definition) is 4. The lowest BCUT2D eigenvalue weighted by molar-refractivity contribution is -0.137. The Labute approximate surface area is 141 Å². The van der Waals surface area contributed by atoms with Crippen molar-refractivity contribution in [2.75, 3.05) is 39.3 Å². The minimum atomic E-state index is -0.285. The van der Waals surface area contributed by atoms with E-state index in [1.807, 2.05) is 6.92 Å². The van der Waals surface area contributed by atoms with Crippen LogP contribution in [0, 0.1) is 0 Å². The number of rotatable bonds is 5. The molecule has 5 heteroatoms. The summed E-state index contributed by atoms with van der Waals surface area (Å²) in [6.07, 6.45) is 5.60. The van der Waals surface area contributed by atoms with Gasteiger partial charge in [-0.25, -0.2) is 0 Å². The van der Waals surface area contributed by atoms with Crippen molar-refractivity contribution < 1.29 is 9.90 Å². The highest BCUT2D eigenvalue weighted by Gasteiger charge is 2.33. The molecule has 3 unspecified atom stereocenters. The number of hydrogen-bond donors (Lipinski definition) is 1. The molecule has 0 aliphatic carbocycles. The van der Waals surface area contributed by atoms with Gasteiger partial charge in [0.2, 0.25) is 5.91 Å². The molecule has 3 atom stereocenters. The Hall–Kier alpha value is -0.650. The van der Waals surface area contributed by atoms with Gasteiger partial charge in [0.05, 0.1) is 12.1 Å². The lowest BCUT2D eigenvalue weighted by Gasteiger charge is -2.44. The second kappa shape index (κ2) is 9.00. The van der Waals surface area contributed by atoms with Crippen LogP contribution in [0.25, 0.3) is 0 Å². The van der Waals surface area contributed by atoms with Crippen molar-refractivity contribution in [3.05, 3.63) is 0 Å². The topological polar surface area (TPSA) is 47.0 Å². The van der Waals surface area contributed by atoms with Crippen molar-refractivity contribution in [3.63, 3.8) is 0 Å². The molecule has 0 bridgehead atoms. The molecule has 2 heterocycles. The zero-order chi connectivity index (χ0) is 16.8. The van der Waals surface area contributed by atoms with Gasteiger partial charge < -0.3 is 10.0 Å². The molecule has 2 aliphatic rings. The van der Waals surface area contributed by atoms with E-state index in [-0.39, 0.29) is 12.1 Å². The summed E-state index contributed by atoms with van der Waals surface area (Å²) in [4.78, 5) is 19.6. The van der Waals surface area contributed by atoms with Crippen LogP contribution in [0.3, 0.4) is 0 Å². The third-order valence-electron chi connectivity index (χ3n) is 5.43. The molecule has 2 saturated heterocycles. The Bertz CT molecular complexity index is 367. The molecule has 2 aliphatic heterocycles. The molecule has 0 saturated carbocycles. The highest BCUT2D eigenvalue weighted by molar-refractivity contribution is 5.81. The highest BCUT2D eigenvalue weighted by Crippen LogP contribution is 2.18. The summed E-state index contributed by atoms with van der Waals surface area (Å²) in [6.45, 7) is 11.5. The van der Waals surface area contributed by atoms with E-state index < -0.39 is 0 Å². The predicted molar refractivity (Wildman–Crippen MR) is 93.4 cm³/mol. The fraction of sp³-hybridized carbons (Fsp3) is 0.944. The quantitative estimate of drug-likeness (QED) is 0.833. The first kappa shape index (κ1) is 18.7. The van der Waals surface area contributed by atoms with E-state index in [2.05, 4.69) is 28.5 Å². The number of aliphatic hydroxyl groups is 1. The minimum Gasteiger partial charge on any atom is -0.392 e. The van der Waals surface area contributed by atoms with Gasteiger partial charge in [-0.2, -0.15) is 0 Å². The molecule has 0 radical (unpaired) electrons. The molecule has 23 heavy (non-hydrogen) atoms. The summed E-state index contributed by atoms with van der Waals surface area (Å²) in [5, 5.41) is 9.66. The molecule has 0 aromatic carbocycles. The van der Waals surface area contributed by atoms with Crippen LogP contribution in [0.2, 0.25) is 0 Å². The molecular formula is C18H35N3O2. The number of carbonyl (C=O) groups excluding carboxylic acids is 1. The summed E-state index contributed by atoms with van der Waals surface area (Å²) in [5.74, 6) is 0.311. The highest BCUT2D eigenvalue weighted by atomic mass is 16.3. The molecule has 1 N–H and O–H groups in total.